The van der Waals surface area contributed by atoms with Crippen molar-refractivity contribution in [3.8, 4) is 0 Å². The highest BCUT2D eigenvalue weighted by molar-refractivity contribution is 6.01. The van der Waals surface area contributed by atoms with E-state index in [9.17, 15) is 4.79 Å². The molecular formula is C11H8N4O2. The molecule has 0 aliphatic rings. The summed E-state index contributed by atoms with van der Waals surface area (Å²) in [5, 5.41) is 10.4. The van der Waals surface area contributed by atoms with Crippen molar-refractivity contribution >= 4 is 17.5 Å². The molecule has 3 aromatic rings. The van der Waals surface area contributed by atoms with Gasteiger partial charge in [-0.1, -0.05) is 6.07 Å². The smallest absolute Gasteiger partial charge is 0.293 e. The molecule has 1 N–H and O–H groups in total. The average molecular weight is 228 g/mol. The molecule has 0 spiro atoms. The summed E-state index contributed by atoms with van der Waals surface area (Å²) >= 11 is 0. The number of hydrogen-bond donors (Lipinski definition) is 1. The minimum Gasteiger partial charge on any atom is -0.459 e. The average Bonchev–Trinajstić information content (AvgIpc) is 2.98. The van der Waals surface area contributed by atoms with Gasteiger partial charge in [-0.3, -0.25) is 14.5 Å². The molecule has 0 atom stereocenters. The fraction of sp³-hybridized carbons (Fsp3) is 0. The van der Waals surface area contributed by atoms with Crippen LogP contribution in [0.5, 0.6) is 0 Å². The summed E-state index contributed by atoms with van der Waals surface area (Å²) in [6.07, 6.45) is 3.21. The first-order chi connectivity index (χ1) is 8.34. The molecule has 0 aromatic carbocycles. The standard InChI is InChI=1S/C11H8N4O2/c16-10(8-4-3-7-17-8)12-11-14-13-9-5-1-2-6-15(9)11/h1-7H,(H,12,14,16). The number of nitrogens with one attached hydrogen (secondary N) is 1. The van der Waals surface area contributed by atoms with Gasteiger partial charge in [0.15, 0.2) is 11.4 Å². The molecule has 3 heterocycles. The number of pyridine rings is 1. The SMILES string of the molecule is O=C(Nc1nnc2ccccn12)c1ccco1. The first-order valence-corrected chi connectivity index (χ1v) is 4.99. The third-order valence-electron chi connectivity index (χ3n) is 2.28. The Kier molecular flexibility index (Phi) is 2.11. The summed E-state index contributed by atoms with van der Waals surface area (Å²) in [7, 11) is 0. The highest BCUT2D eigenvalue weighted by Gasteiger charge is 2.12. The molecule has 0 radical (unpaired) electrons. The lowest BCUT2D eigenvalue weighted by Gasteiger charge is -2.00. The monoisotopic (exact) mass is 228 g/mol. The molecule has 17 heavy (non-hydrogen) atoms. The second kappa shape index (κ2) is 3.75. The number of furan rings is 1. The number of aromatic nitrogens is 3. The molecule has 3 aromatic heterocycles. The van der Waals surface area contributed by atoms with Crippen molar-refractivity contribution in [1.82, 2.24) is 14.6 Å². The maximum absolute atomic E-state index is 11.7. The number of nitrogens with zero attached hydrogens (tertiary/aromatic N) is 3. The third-order valence-corrected chi connectivity index (χ3v) is 2.28. The molecule has 0 bridgehead atoms. The molecule has 0 fully saturated rings. The third kappa shape index (κ3) is 1.65. The van der Waals surface area contributed by atoms with E-state index in [1.165, 1.54) is 6.26 Å². The highest BCUT2D eigenvalue weighted by Crippen LogP contribution is 2.09. The van der Waals surface area contributed by atoms with E-state index in [0.717, 1.165) is 0 Å². The van der Waals surface area contributed by atoms with Gasteiger partial charge in [0, 0.05) is 6.20 Å². The van der Waals surface area contributed by atoms with Crippen LogP contribution in [0.25, 0.3) is 5.65 Å². The largest absolute Gasteiger partial charge is 0.459 e. The van der Waals surface area contributed by atoms with Gasteiger partial charge in [0.05, 0.1) is 6.26 Å². The van der Waals surface area contributed by atoms with Crippen molar-refractivity contribution in [1.29, 1.82) is 0 Å². The Bertz CT molecular complexity index is 657. The molecule has 0 aliphatic carbocycles. The van der Waals surface area contributed by atoms with E-state index in [1.54, 1.807) is 28.8 Å². The summed E-state index contributed by atoms with van der Waals surface area (Å²) in [6.45, 7) is 0. The van der Waals surface area contributed by atoms with E-state index in [4.69, 9.17) is 4.42 Å². The quantitative estimate of drug-likeness (QED) is 0.722. The zero-order valence-electron chi connectivity index (χ0n) is 8.70. The van der Waals surface area contributed by atoms with E-state index < -0.39 is 0 Å². The predicted octanol–water partition coefficient (Wildman–Crippen LogP) is 1.57. The number of rotatable bonds is 2. The fourth-order valence-corrected chi connectivity index (χ4v) is 1.50. The number of hydrogen-bond acceptors (Lipinski definition) is 4. The summed E-state index contributed by atoms with van der Waals surface area (Å²) in [6, 6.07) is 8.71. The van der Waals surface area contributed by atoms with Crippen LogP contribution in [0.2, 0.25) is 0 Å². The Morgan fingerprint density at radius 3 is 3.00 bits per heavy atom. The first kappa shape index (κ1) is 9.59. The van der Waals surface area contributed by atoms with Crippen molar-refractivity contribution in [2.75, 3.05) is 5.32 Å². The lowest BCUT2D eigenvalue weighted by atomic mass is 10.4. The molecule has 0 aliphatic heterocycles. The second-order valence-corrected chi connectivity index (χ2v) is 3.38. The van der Waals surface area contributed by atoms with Gasteiger partial charge < -0.3 is 4.42 Å². The van der Waals surface area contributed by atoms with E-state index in [2.05, 4.69) is 15.5 Å². The molecule has 3 rings (SSSR count). The Labute approximate surface area is 95.9 Å². The maximum Gasteiger partial charge on any atom is 0.293 e. The Morgan fingerprint density at radius 1 is 1.24 bits per heavy atom. The minimum atomic E-state index is -0.354. The first-order valence-electron chi connectivity index (χ1n) is 4.99. The number of carbonyl (C=O) groups is 1. The van der Waals surface area contributed by atoms with Crippen molar-refractivity contribution in [2.45, 2.75) is 0 Å². The van der Waals surface area contributed by atoms with Crippen LogP contribution in [0.15, 0.2) is 47.2 Å². The van der Waals surface area contributed by atoms with Crippen LogP contribution in [0.1, 0.15) is 10.6 Å². The normalized spacial score (nSPS) is 10.6. The van der Waals surface area contributed by atoms with Gasteiger partial charge in [-0.2, -0.15) is 0 Å². The van der Waals surface area contributed by atoms with Gasteiger partial charge in [0.1, 0.15) is 0 Å². The van der Waals surface area contributed by atoms with Crippen LogP contribution in [-0.4, -0.2) is 20.5 Å². The lowest BCUT2D eigenvalue weighted by Crippen LogP contribution is -2.13. The highest BCUT2D eigenvalue weighted by atomic mass is 16.3. The van der Waals surface area contributed by atoms with Crippen LogP contribution >= 0.6 is 0 Å². The van der Waals surface area contributed by atoms with E-state index in [0.29, 0.717) is 11.6 Å². The van der Waals surface area contributed by atoms with Gasteiger partial charge in [0.25, 0.3) is 5.91 Å². The summed E-state index contributed by atoms with van der Waals surface area (Å²) in [5.74, 6) is 0.243. The molecule has 6 heteroatoms. The topological polar surface area (TPSA) is 72.4 Å². The van der Waals surface area contributed by atoms with Crippen LogP contribution < -0.4 is 5.32 Å². The van der Waals surface area contributed by atoms with Crippen molar-refractivity contribution in [2.24, 2.45) is 0 Å². The van der Waals surface area contributed by atoms with E-state index in [1.807, 2.05) is 12.1 Å². The van der Waals surface area contributed by atoms with Crippen LogP contribution in [0, 0.1) is 0 Å². The van der Waals surface area contributed by atoms with E-state index in [-0.39, 0.29) is 11.7 Å². The van der Waals surface area contributed by atoms with Crippen LogP contribution in [0.3, 0.4) is 0 Å². The molecular weight excluding hydrogens is 220 g/mol. The fourth-order valence-electron chi connectivity index (χ4n) is 1.50. The summed E-state index contributed by atoms with van der Waals surface area (Å²) < 4.78 is 6.67. The molecule has 6 nitrogen and oxygen atoms in total. The molecule has 0 unspecified atom stereocenters. The lowest BCUT2D eigenvalue weighted by molar-refractivity contribution is 0.0995. The Balaban J connectivity index is 1.93. The zero-order chi connectivity index (χ0) is 11.7. The number of fused-ring (bicyclic) bond motifs is 1. The van der Waals surface area contributed by atoms with Gasteiger partial charge in [0.2, 0.25) is 5.95 Å². The van der Waals surface area contributed by atoms with Crippen molar-refractivity contribution in [3.05, 3.63) is 48.6 Å². The minimum absolute atomic E-state index is 0.234. The number of anilines is 1. The zero-order valence-corrected chi connectivity index (χ0v) is 8.70. The summed E-state index contributed by atoms with van der Waals surface area (Å²) in [5.41, 5.74) is 0.669. The Morgan fingerprint density at radius 2 is 2.18 bits per heavy atom. The molecule has 0 saturated carbocycles. The Hall–Kier alpha value is -2.63. The van der Waals surface area contributed by atoms with Crippen molar-refractivity contribution in [3.63, 3.8) is 0 Å². The van der Waals surface area contributed by atoms with Crippen LogP contribution in [0.4, 0.5) is 5.95 Å². The van der Waals surface area contributed by atoms with Gasteiger partial charge in [-0.15, -0.1) is 10.2 Å². The molecule has 84 valence electrons. The number of amides is 1. The predicted molar refractivity (Wildman–Crippen MR) is 59.6 cm³/mol. The number of carbonyl (C=O) groups excluding carboxylic acids is 1. The molecule has 0 saturated heterocycles. The van der Waals surface area contributed by atoms with E-state index >= 15 is 0 Å². The van der Waals surface area contributed by atoms with Crippen LogP contribution in [-0.2, 0) is 0 Å². The van der Waals surface area contributed by atoms with Gasteiger partial charge in [-0.05, 0) is 24.3 Å². The van der Waals surface area contributed by atoms with Gasteiger partial charge >= 0.3 is 0 Å². The molecule has 1 amide bonds. The summed E-state index contributed by atoms with van der Waals surface area (Å²) in [4.78, 5) is 11.7. The van der Waals surface area contributed by atoms with Crippen molar-refractivity contribution < 1.29 is 9.21 Å². The van der Waals surface area contributed by atoms with Gasteiger partial charge in [-0.25, -0.2) is 0 Å². The second-order valence-electron chi connectivity index (χ2n) is 3.38. The maximum atomic E-state index is 11.7.